The molecule has 0 aromatic heterocycles. The molecule has 0 radical (unpaired) electrons. The number of nitrogens with zero attached hydrogens (tertiary/aromatic N) is 2. The zero-order valence-corrected chi connectivity index (χ0v) is 18.2. The van der Waals surface area contributed by atoms with Crippen molar-refractivity contribution in [1.82, 2.24) is 15.5 Å². The molecule has 1 heterocycles. The minimum atomic E-state index is 0. The summed E-state index contributed by atoms with van der Waals surface area (Å²) in [5.74, 6) is 2.49. The van der Waals surface area contributed by atoms with E-state index in [4.69, 9.17) is 4.74 Å². The second-order valence-electron chi connectivity index (χ2n) is 6.80. The number of aryl methyl sites for hydroxylation is 1. The highest BCUT2D eigenvalue weighted by molar-refractivity contribution is 14.0. The lowest BCUT2D eigenvalue weighted by atomic mass is 9.99. The van der Waals surface area contributed by atoms with E-state index < -0.39 is 0 Å². The van der Waals surface area contributed by atoms with Crippen LogP contribution in [0.5, 0.6) is 5.75 Å². The summed E-state index contributed by atoms with van der Waals surface area (Å²) < 4.78 is 6.00. The van der Waals surface area contributed by atoms with E-state index in [9.17, 15) is 0 Å². The minimum Gasteiger partial charge on any atom is -0.489 e. The van der Waals surface area contributed by atoms with Crippen molar-refractivity contribution in [2.24, 2.45) is 10.9 Å². The SMILES string of the molecule is CN=C(NCC1CCCN(C)C1)NCC(C)Oc1ccccc1C.I. The smallest absolute Gasteiger partial charge is 0.191 e. The Morgan fingerprint density at radius 1 is 1.36 bits per heavy atom. The zero-order chi connectivity index (χ0) is 17.4. The number of para-hydroxylation sites is 1. The second kappa shape index (κ2) is 11.6. The molecule has 1 aromatic carbocycles. The third-order valence-corrected chi connectivity index (χ3v) is 4.48. The molecule has 25 heavy (non-hydrogen) atoms. The first kappa shape index (κ1) is 22.0. The van der Waals surface area contributed by atoms with Gasteiger partial charge in [-0.1, -0.05) is 18.2 Å². The summed E-state index contributed by atoms with van der Waals surface area (Å²) in [6.07, 6.45) is 2.66. The first-order valence-corrected chi connectivity index (χ1v) is 8.94. The van der Waals surface area contributed by atoms with E-state index in [0.717, 1.165) is 36.9 Å². The number of rotatable bonds is 6. The van der Waals surface area contributed by atoms with Gasteiger partial charge in [0, 0.05) is 20.1 Å². The van der Waals surface area contributed by atoms with Crippen LogP contribution in [0.15, 0.2) is 29.3 Å². The first-order chi connectivity index (χ1) is 11.6. The number of benzene rings is 1. The van der Waals surface area contributed by atoms with E-state index in [1.54, 1.807) is 0 Å². The molecule has 6 heteroatoms. The van der Waals surface area contributed by atoms with E-state index >= 15 is 0 Å². The lowest BCUT2D eigenvalue weighted by Crippen LogP contribution is -2.45. The van der Waals surface area contributed by atoms with E-state index in [0.29, 0.717) is 5.92 Å². The van der Waals surface area contributed by atoms with Gasteiger partial charge in [0.25, 0.3) is 0 Å². The molecule has 1 aromatic rings. The quantitative estimate of drug-likeness (QED) is 0.390. The van der Waals surface area contributed by atoms with Gasteiger partial charge in [-0.2, -0.15) is 0 Å². The van der Waals surface area contributed by atoms with E-state index in [1.807, 2.05) is 25.2 Å². The topological polar surface area (TPSA) is 48.9 Å². The predicted octanol–water partition coefficient (Wildman–Crippen LogP) is 2.89. The maximum atomic E-state index is 6.00. The zero-order valence-electron chi connectivity index (χ0n) is 15.9. The van der Waals surface area contributed by atoms with Crippen LogP contribution in [0.1, 0.15) is 25.3 Å². The molecule has 0 spiro atoms. The summed E-state index contributed by atoms with van der Waals surface area (Å²) in [5, 5.41) is 6.81. The molecule has 2 N–H and O–H groups in total. The first-order valence-electron chi connectivity index (χ1n) is 8.94. The van der Waals surface area contributed by atoms with E-state index in [-0.39, 0.29) is 30.1 Å². The molecule has 1 fully saturated rings. The number of halogens is 1. The van der Waals surface area contributed by atoms with Crippen molar-refractivity contribution in [2.45, 2.75) is 32.8 Å². The Labute approximate surface area is 169 Å². The van der Waals surface area contributed by atoms with Crippen molar-refractivity contribution >= 4 is 29.9 Å². The molecule has 2 rings (SSSR count). The molecule has 1 aliphatic rings. The van der Waals surface area contributed by atoms with Gasteiger partial charge in [-0.05, 0) is 57.8 Å². The molecule has 2 atom stereocenters. The number of guanidine groups is 1. The maximum Gasteiger partial charge on any atom is 0.191 e. The lowest BCUT2D eigenvalue weighted by Gasteiger charge is -2.30. The van der Waals surface area contributed by atoms with Crippen LogP contribution < -0.4 is 15.4 Å². The molecule has 0 saturated carbocycles. The fraction of sp³-hybridized carbons (Fsp3) is 0.632. The van der Waals surface area contributed by atoms with E-state index in [1.165, 1.54) is 19.4 Å². The Hall–Kier alpha value is -1.02. The highest BCUT2D eigenvalue weighted by Gasteiger charge is 2.17. The third kappa shape index (κ3) is 7.81. The van der Waals surface area contributed by atoms with Gasteiger partial charge in [-0.3, -0.25) is 4.99 Å². The predicted molar refractivity (Wildman–Crippen MR) is 116 cm³/mol. The average molecular weight is 460 g/mol. The Morgan fingerprint density at radius 3 is 2.80 bits per heavy atom. The Kier molecular flexibility index (Phi) is 10.2. The van der Waals surface area contributed by atoms with Crippen LogP contribution in [0.2, 0.25) is 0 Å². The molecule has 5 nitrogen and oxygen atoms in total. The number of piperidine rings is 1. The van der Waals surface area contributed by atoms with Gasteiger partial charge in [-0.15, -0.1) is 24.0 Å². The fourth-order valence-electron chi connectivity index (χ4n) is 3.09. The molecule has 0 aliphatic carbocycles. The van der Waals surface area contributed by atoms with Crippen LogP contribution in [0, 0.1) is 12.8 Å². The van der Waals surface area contributed by atoms with Crippen molar-refractivity contribution in [1.29, 1.82) is 0 Å². The van der Waals surface area contributed by atoms with Gasteiger partial charge in [0.1, 0.15) is 11.9 Å². The Morgan fingerprint density at radius 2 is 2.12 bits per heavy atom. The maximum absolute atomic E-state index is 6.00. The van der Waals surface area contributed by atoms with Crippen LogP contribution in [-0.4, -0.2) is 57.2 Å². The second-order valence-corrected chi connectivity index (χ2v) is 6.80. The summed E-state index contributed by atoms with van der Waals surface area (Å²) in [5.41, 5.74) is 1.16. The lowest BCUT2D eigenvalue weighted by molar-refractivity contribution is 0.209. The number of hydrogen-bond acceptors (Lipinski definition) is 3. The van der Waals surface area contributed by atoms with Gasteiger partial charge < -0.3 is 20.3 Å². The van der Waals surface area contributed by atoms with Crippen molar-refractivity contribution in [3.8, 4) is 5.75 Å². The van der Waals surface area contributed by atoms with Crippen molar-refractivity contribution < 1.29 is 4.74 Å². The van der Waals surface area contributed by atoms with Crippen LogP contribution in [0.25, 0.3) is 0 Å². The summed E-state index contributed by atoms with van der Waals surface area (Å²) in [4.78, 5) is 6.72. The Balaban J connectivity index is 0.00000312. The van der Waals surface area contributed by atoms with Crippen molar-refractivity contribution in [3.05, 3.63) is 29.8 Å². The van der Waals surface area contributed by atoms with Gasteiger partial charge >= 0.3 is 0 Å². The standard InChI is InChI=1S/C19H32N4O.HI/c1-15-8-5-6-10-18(15)24-16(2)12-21-19(20-3)22-13-17-9-7-11-23(4)14-17;/h5-6,8,10,16-17H,7,9,11-14H2,1-4H3,(H2,20,21,22);1H. The molecule has 1 saturated heterocycles. The van der Waals surface area contributed by atoms with Crippen molar-refractivity contribution in [2.75, 3.05) is 40.3 Å². The number of nitrogens with one attached hydrogen (secondary N) is 2. The monoisotopic (exact) mass is 460 g/mol. The average Bonchev–Trinajstić information content (AvgIpc) is 2.57. The van der Waals surface area contributed by atoms with Crippen LogP contribution in [-0.2, 0) is 0 Å². The van der Waals surface area contributed by atoms with Crippen LogP contribution in [0.4, 0.5) is 0 Å². The molecule has 142 valence electrons. The fourth-order valence-corrected chi connectivity index (χ4v) is 3.09. The van der Waals surface area contributed by atoms with Crippen LogP contribution in [0.3, 0.4) is 0 Å². The number of likely N-dealkylation sites (tertiary alicyclic amines) is 1. The summed E-state index contributed by atoms with van der Waals surface area (Å²) >= 11 is 0. The molecule has 0 amide bonds. The number of aliphatic imine (C=N–C) groups is 1. The van der Waals surface area contributed by atoms with Gasteiger partial charge in [0.15, 0.2) is 5.96 Å². The highest BCUT2D eigenvalue weighted by atomic mass is 127. The Bertz CT molecular complexity index is 538. The molecule has 0 bridgehead atoms. The number of hydrogen-bond donors (Lipinski definition) is 2. The minimum absolute atomic E-state index is 0. The molecule has 1 aliphatic heterocycles. The van der Waals surface area contributed by atoms with Gasteiger partial charge in [0.05, 0.1) is 6.54 Å². The molecule has 2 unspecified atom stereocenters. The highest BCUT2D eigenvalue weighted by Crippen LogP contribution is 2.17. The van der Waals surface area contributed by atoms with Crippen LogP contribution >= 0.6 is 24.0 Å². The molecular weight excluding hydrogens is 427 g/mol. The summed E-state index contributed by atoms with van der Waals surface area (Å²) in [6.45, 7) is 8.21. The van der Waals surface area contributed by atoms with Gasteiger partial charge in [-0.25, -0.2) is 0 Å². The largest absolute Gasteiger partial charge is 0.489 e. The normalized spacial score (nSPS) is 19.7. The van der Waals surface area contributed by atoms with Gasteiger partial charge in [0.2, 0.25) is 0 Å². The molecular formula is C19H33IN4O. The van der Waals surface area contributed by atoms with Crippen molar-refractivity contribution in [3.63, 3.8) is 0 Å². The summed E-state index contributed by atoms with van der Waals surface area (Å²) in [7, 11) is 4.01. The third-order valence-electron chi connectivity index (χ3n) is 4.48. The number of ether oxygens (including phenoxy) is 1. The summed E-state index contributed by atoms with van der Waals surface area (Å²) in [6, 6.07) is 8.11. The van der Waals surface area contributed by atoms with E-state index in [2.05, 4.69) is 47.5 Å².